The van der Waals surface area contributed by atoms with Crippen molar-refractivity contribution in [2.75, 3.05) is 11.9 Å². The number of anilines is 2. The first-order valence-corrected chi connectivity index (χ1v) is 9.31. The highest BCUT2D eigenvalue weighted by molar-refractivity contribution is 5.93. The van der Waals surface area contributed by atoms with Crippen molar-refractivity contribution < 1.29 is 4.79 Å². The minimum absolute atomic E-state index is 0.00511. The van der Waals surface area contributed by atoms with E-state index in [2.05, 4.69) is 54.4 Å². The van der Waals surface area contributed by atoms with Crippen LogP contribution < -0.4 is 10.6 Å². The number of para-hydroxylation sites is 1. The van der Waals surface area contributed by atoms with Gasteiger partial charge in [0.05, 0.1) is 0 Å². The molecule has 0 radical (unpaired) electrons. The molecule has 140 valence electrons. The van der Waals surface area contributed by atoms with Gasteiger partial charge in [-0.25, -0.2) is 9.97 Å². The van der Waals surface area contributed by atoms with Crippen molar-refractivity contribution in [3.63, 3.8) is 0 Å². The lowest BCUT2D eigenvalue weighted by Gasteiger charge is -2.23. The number of amides is 1. The van der Waals surface area contributed by atoms with E-state index in [0.717, 1.165) is 24.9 Å². The quantitative estimate of drug-likeness (QED) is 0.704. The van der Waals surface area contributed by atoms with E-state index in [-0.39, 0.29) is 11.3 Å². The second-order valence-corrected chi connectivity index (χ2v) is 7.57. The zero-order valence-electron chi connectivity index (χ0n) is 16.5. The minimum atomic E-state index is -0.154. The van der Waals surface area contributed by atoms with Gasteiger partial charge in [0.1, 0.15) is 17.3 Å². The molecule has 0 aliphatic heterocycles. The average Bonchev–Trinajstić information content (AvgIpc) is 2.57. The number of aromatic nitrogens is 2. The molecule has 1 heterocycles. The Kier molecular flexibility index (Phi) is 6.72. The van der Waals surface area contributed by atoms with Crippen molar-refractivity contribution >= 4 is 17.4 Å². The minimum Gasteiger partial charge on any atom is -0.351 e. The second kappa shape index (κ2) is 8.79. The number of rotatable bonds is 7. The summed E-state index contributed by atoms with van der Waals surface area (Å²) < 4.78 is 0. The van der Waals surface area contributed by atoms with Crippen LogP contribution >= 0.6 is 0 Å². The van der Waals surface area contributed by atoms with E-state index in [1.807, 2.05) is 18.2 Å². The summed E-state index contributed by atoms with van der Waals surface area (Å²) in [4.78, 5) is 21.1. The largest absolute Gasteiger partial charge is 0.351 e. The molecule has 1 aromatic heterocycles. The predicted molar refractivity (Wildman–Crippen MR) is 107 cm³/mol. The van der Waals surface area contributed by atoms with Crippen LogP contribution in [0, 0.1) is 6.92 Å². The lowest BCUT2D eigenvalue weighted by atomic mass is 9.86. The Hall–Kier alpha value is -2.43. The van der Waals surface area contributed by atoms with Crippen LogP contribution in [0.2, 0.25) is 0 Å². The summed E-state index contributed by atoms with van der Waals surface area (Å²) in [7, 11) is 0. The molecule has 0 spiro atoms. The Morgan fingerprint density at radius 2 is 1.85 bits per heavy atom. The van der Waals surface area contributed by atoms with Gasteiger partial charge in [0.2, 0.25) is 0 Å². The van der Waals surface area contributed by atoms with E-state index >= 15 is 0 Å². The number of unbranched alkanes of at least 4 members (excludes halogenated alkanes) is 2. The van der Waals surface area contributed by atoms with Gasteiger partial charge in [-0.15, -0.1) is 0 Å². The molecule has 0 fully saturated rings. The topological polar surface area (TPSA) is 66.9 Å². The van der Waals surface area contributed by atoms with Crippen molar-refractivity contribution in [2.45, 2.75) is 59.3 Å². The molecule has 0 atom stereocenters. The highest BCUT2D eigenvalue weighted by Crippen LogP contribution is 2.30. The summed E-state index contributed by atoms with van der Waals surface area (Å²) >= 11 is 0. The van der Waals surface area contributed by atoms with E-state index < -0.39 is 0 Å². The number of benzene rings is 1. The molecule has 1 aromatic carbocycles. The molecule has 2 rings (SSSR count). The molecular formula is C21H30N4O. The number of nitrogens with one attached hydrogen (secondary N) is 2. The van der Waals surface area contributed by atoms with Gasteiger partial charge in [0.15, 0.2) is 0 Å². The molecule has 2 N–H and O–H groups in total. The molecule has 0 aliphatic rings. The van der Waals surface area contributed by atoms with E-state index in [1.54, 1.807) is 13.0 Å². The van der Waals surface area contributed by atoms with Gasteiger partial charge in [-0.05, 0) is 30.4 Å². The fourth-order valence-electron chi connectivity index (χ4n) is 2.80. The SMILES string of the molecule is CCCCCNC(=O)c1cc(Nc2ccccc2C(C)(C)C)nc(C)n1. The monoisotopic (exact) mass is 354 g/mol. The molecule has 0 saturated carbocycles. The van der Waals surface area contributed by atoms with E-state index in [0.29, 0.717) is 23.9 Å². The van der Waals surface area contributed by atoms with Gasteiger partial charge >= 0.3 is 0 Å². The zero-order chi connectivity index (χ0) is 19.2. The Morgan fingerprint density at radius 1 is 1.12 bits per heavy atom. The van der Waals surface area contributed by atoms with E-state index in [4.69, 9.17) is 0 Å². The molecular weight excluding hydrogens is 324 g/mol. The summed E-state index contributed by atoms with van der Waals surface area (Å²) in [5.74, 6) is 1.05. The van der Waals surface area contributed by atoms with Gasteiger partial charge in [0.25, 0.3) is 5.91 Å². The van der Waals surface area contributed by atoms with Crippen LogP contribution in [0.5, 0.6) is 0 Å². The summed E-state index contributed by atoms with van der Waals surface area (Å²) in [6.45, 7) is 11.1. The molecule has 0 unspecified atom stereocenters. The Balaban J connectivity index is 2.19. The van der Waals surface area contributed by atoms with Crippen molar-refractivity contribution in [1.82, 2.24) is 15.3 Å². The van der Waals surface area contributed by atoms with Crippen molar-refractivity contribution in [1.29, 1.82) is 0 Å². The maximum absolute atomic E-state index is 12.4. The molecule has 1 amide bonds. The smallest absolute Gasteiger partial charge is 0.270 e. The zero-order valence-corrected chi connectivity index (χ0v) is 16.5. The number of aryl methyl sites for hydroxylation is 1. The van der Waals surface area contributed by atoms with Crippen LogP contribution in [0.3, 0.4) is 0 Å². The first-order valence-electron chi connectivity index (χ1n) is 9.31. The van der Waals surface area contributed by atoms with Crippen LogP contribution in [-0.4, -0.2) is 22.4 Å². The van der Waals surface area contributed by atoms with Crippen molar-refractivity contribution in [3.05, 3.63) is 47.4 Å². The lowest BCUT2D eigenvalue weighted by Crippen LogP contribution is -2.26. The number of carbonyl (C=O) groups is 1. The first-order chi connectivity index (χ1) is 12.3. The van der Waals surface area contributed by atoms with Gasteiger partial charge in [0, 0.05) is 18.3 Å². The van der Waals surface area contributed by atoms with Crippen LogP contribution in [0.4, 0.5) is 11.5 Å². The first kappa shape index (κ1) is 19.9. The standard InChI is InChI=1S/C21H30N4O/c1-6-7-10-13-22-20(26)18-14-19(24-15(2)23-18)25-17-12-9-8-11-16(17)21(3,4)5/h8-9,11-12,14H,6-7,10,13H2,1-5H3,(H,22,26)(H,23,24,25). The Bertz CT molecular complexity index is 750. The number of carbonyl (C=O) groups excluding carboxylic acids is 1. The lowest BCUT2D eigenvalue weighted by molar-refractivity contribution is 0.0947. The van der Waals surface area contributed by atoms with Crippen molar-refractivity contribution in [2.24, 2.45) is 0 Å². The normalized spacial score (nSPS) is 11.3. The fourth-order valence-corrected chi connectivity index (χ4v) is 2.80. The Labute approximate surface area is 156 Å². The molecule has 5 nitrogen and oxygen atoms in total. The fraction of sp³-hybridized carbons (Fsp3) is 0.476. The van der Waals surface area contributed by atoms with E-state index in [9.17, 15) is 4.79 Å². The third-order valence-corrected chi connectivity index (χ3v) is 4.13. The summed E-state index contributed by atoms with van der Waals surface area (Å²) in [5.41, 5.74) is 2.59. The average molecular weight is 354 g/mol. The van der Waals surface area contributed by atoms with Gasteiger partial charge in [-0.3, -0.25) is 4.79 Å². The van der Waals surface area contributed by atoms with Gasteiger partial charge in [-0.1, -0.05) is 58.7 Å². The number of hydrogen-bond acceptors (Lipinski definition) is 4. The van der Waals surface area contributed by atoms with E-state index in [1.165, 1.54) is 5.56 Å². The Morgan fingerprint density at radius 3 is 2.54 bits per heavy atom. The van der Waals surface area contributed by atoms with Gasteiger partial charge in [-0.2, -0.15) is 0 Å². The maximum atomic E-state index is 12.4. The maximum Gasteiger partial charge on any atom is 0.270 e. The molecule has 0 saturated heterocycles. The van der Waals surface area contributed by atoms with Crippen LogP contribution in [0.1, 0.15) is 68.8 Å². The van der Waals surface area contributed by atoms with Crippen LogP contribution in [0.15, 0.2) is 30.3 Å². The molecule has 26 heavy (non-hydrogen) atoms. The van der Waals surface area contributed by atoms with Crippen LogP contribution in [0.25, 0.3) is 0 Å². The molecule has 0 aliphatic carbocycles. The number of hydrogen-bond donors (Lipinski definition) is 2. The highest BCUT2D eigenvalue weighted by atomic mass is 16.1. The number of nitrogens with zero attached hydrogens (tertiary/aromatic N) is 2. The van der Waals surface area contributed by atoms with Crippen molar-refractivity contribution in [3.8, 4) is 0 Å². The second-order valence-electron chi connectivity index (χ2n) is 7.57. The highest BCUT2D eigenvalue weighted by Gasteiger charge is 2.18. The molecule has 5 heteroatoms. The third kappa shape index (κ3) is 5.55. The summed E-state index contributed by atoms with van der Waals surface area (Å²) in [6, 6.07) is 9.88. The third-order valence-electron chi connectivity index (χ3n) is 4.13. The molecule has 0 bridgehead atoms. The summed E-state index contributed by atoms with van der Waals surface area (Å²) in [6.07, 6.45) is 3.22. The summed E-state index contributed by atoms with van der Waals surface area (Å²) in [5, 5.41) is 6.29. The molecule has 2 aromatic rings. The van der Waals surface area contributed by atoms with Gasteiger partial charge < -0.3 is 10.6 Å². The van der Waals surface area contributed by atoms with Crippen LogP contribution in [-0.2, 0) is 5.41 Å². The predicted octanol–water partition coefficient (Wildman–Crippen LogP) is 4.75.